The van der Waals surface area contributed by atoms with Crippen LogP contribution in [-0.4, -0.2) is 14.7 Å². The van der Waals surface area contributed by atoms with Gasteiger partial charge in [-0.05, 0) is 31.2 Å². The first-order valence-electron chi connectivity index (χ1n) is 6.72. The lowest BCUT2D eigenvalue weighted by Crippen LogP contribution is -2.26. The van der Waals surface area contributed by atoms with Crippen molar-refractivity contribution in [3.63, 3.8) is 0 Å². The fourth-order valence-electron chi connectivity index (χ4n) is 2.99. The molecule has 2 heterocycles. The molecule has 2 aromatic heterocycles. The molecule has 3 rings (SSSR count). The number of aliphatic hydroxyl groups excluding tert-OH is 1. The summed E-state index contributed by atoms with van der Waals surface area (Å²) in [5.41, 5.74) is 3.65. The van der Waals surface area contributed by atoms with Gasteiger partial charge in [0, 0.05) is 22.8 Å². The molecule has 0 radical (unpaired) electrons. The Morgan fingerprint density at radius 1 is 1.53 bits per heavy atom. The minimum Gasteiger partial charge on any atom is -0.388 e. The van der Waals surface area contributed by atoms with Crippen LogP contribution in [0.15, 0.2) is 17.6 Å². The maximum absolute atomic E-state index is 10.3. The lowest BCUT2D eigenvalue weighted by atomic mass is 9.75. The van der Waals surface area contributed by atoms with Gasteiger partial charge in [0.25, 0.3) is 0 Å². The molecule has 102 valence electrons. The van der Waals surface area contributed by atoms with Gasteiger partial charge in [-0.15, -0.1) is 11.3 Å². The van der Waals surface area contributed by atoms with Crippen LogP contribution in [0.4, 0.5) is 0 Å². The lowest BCUT2D eigenvalue weighted by Gasteiger charge is -2.33. The molecule has 19 heavy (non-hydrogen) atoms. The van der Waals surface area contributed by atoms with Crippen molar-refractivity contribution in [1.82, 2.24) is 9.55 Å². The van der Waals surface area contributed by atoms with Crippen molar-refractivity contribution in [2.45, 2.75) is 46.3 Å². The molecule has 4 heteroatoms. The molecule has 3 nitrogen and oxygen atoms in total. The number of aromatic nitrogens is 2. The number of fused-ring (bicyclic) bond motifs is 1. The fourth-order valence-corrected chi connectivity index (χ4v) is 3.60. The van der Waals surface area contributed by atoms with Gasteiger partial charge in [0.05, 0.1) is 23.4 Å². The highest BCUT2D eigenvalue weighted by molar-refractivity contribution is 7.09. The average Bonchev–Trinajstić information content (AvgIpc) is 2.86. The smallest absolute Gasteiger partial charge is 0.0898 e. The molecule has 0 bridgehead atoms. The van der Waals surface area contributed by atoms with Gasteiger partial charge in [-0.1, -0.05) is 13.8 Å². The topological polar surface area (TPSA) is 38.0 Å². The number of rotatable bonds is 2. The Labute approximate surface area is 117 Å². The Bertz CT molecular complexity index is 597. The monoisotopic (exact) mass is 276 g/mol. The van der Waals surface area contributed by atoms with Crippen LogP contribution in [0, 0.1) is 12.3 Å². The Kier molecular flexibility index (Phi) is 3.02. The quantitative estimate of drug-likeness (QED) is 0.914. The molecule has 0 spiro atoms. The van der Waals surface area contributed by atoms with Crippen LogP contribution in [-0.2, 0) is 13.0 Å². The molecule has 0 amide bonds. The molecule has 0 aromatic carbocycles. The molecule has 0 saturated carbocycles. The molecule has 1 unspecified atom stereocenters. The summed E-state index contributed by atoms with van der Waals surface area (Å²) in [5, 5.41) is 13.5. The highest BCUT2D eigenvalue weighted by Gasteiger charge is 2.33. The van der Waals surface area contributed by atoms with Crippen molar-refractivity contribution in [3.05, 3.63) is 39.6 Å². The van der Waals surface area contributed by atoms with E-state index in [0.717, 1.165) is 35.7 Å². The Balaban J connectivity index is 1.92. The zero-order valence-corrected chi connectivity index (χ0v) is 12.5. The van der Waals surface area contributed by atoms with Gasteiger partial charge in [0.15, 0.2) is 0 Å². The van der Waals surface area contributed by atoms with E-state index in [4.69, 9.17) is 0 Å². The number of hydrogen-bond acceptors (Lipinski definition) is 3. The maximum atomic E-state index is 10.3. The van der Waals surface area contributed by atoms with E-state index in [0.29, 0.717) is 0 Å². The van der Waals surface area contributed by atoms with Crippen LogP contribution in [0.5, 0.6) is 0 Å². The van der Waals surface area contributed by atoms with E-state index in [9.17, 15) is 5.11 Å². The van der Waals surface area contributed by atoms with Gasteiger partial charge < -0.3 is 9.67 Å². The van der Waals surface area contributed by atoms with Crippen LogP contribution in [0.1, 0.15) is 48.3 Å². The Morgan fingerprint density at radius 3 is 3.00 bits per heavy atom. The molecule has 0 aliphatic heterocycles. The third kappa shape index (κ3) is 2.47. The van der Waals surface area contributed by atoms with Crippen molar-refractivity contribution in [2.24, 2.45) is 5.41 Å². The summed E-state index contributed by atoms with van der Waals surface area (Å²) in [4.78, 5) is 4.53. The largest absolute Gasteiger partial charge is 0.388 e. The predicted molar refractivity (Wildman–Crippen MR) is 77.4 cm³/mol. The predicted octanol–water partition coefficient (Wildman–Crippen LogP) is 3.31. The minimum atomic E-state index is -0.322. The van der Waals surface area contributed by atoms with Crippen molar-refractivity contribution in [1.29, 1.82) is 0 Å². The molecular formula is C15H20N2OS. The van der Waals surface area contributed by atoms with E-state index < -0.39 is 0 Å². The van der Waals surface area contributed by atoms with Crippen LogP contribution in [0.25, 0.3) is 0 Å². The second kappa shape index (κ2) is 4.46. The zero-order chi connectivity index (χ0) is 13.6. The summed E-state index contributed by atoms with van der Waals surface area (Å²) in [5.74, 6) is 0. The number of aliphatic hydroxyl groups is 1. The molecule has 0 fully saturated rings. The van der Waals surface area contributed by atoms with Gasteiger partial charge in [0.1, 0.15) is 0 Å². The lowest BCUT2D eigenvalue weighted by molar-refractivity contribution is 0.0981. The highest BCUT2D eigenvalue weighted by atomic mass is 32.1. The van der Waals surface area contributed by atoms with Crippen molar-refractivity contribution in [3.8, 4) is 0 Å². The van der Waals surface area contributed by atoms with Crippen molar-refractivity contribution >= 4 is 11.3 Å². The van der Waals surface area contributed by atoms with Gasteiger partial charge in [-0.3, -0.25) is 0 Å². The summed E-state index contributed by atoms with van der Waals surface area (Å²) in [6, 6.07) is 2.06. The Morgan fingerprint density at radius 2 is 2.32 bits per heavy atom. The van der Waals surface area contributed by atoms with Crippen LogP contribution in [0.2, 0.25) is 0 Å². The number of aryl methyl sites for hydroxylation is 1. The maximum Gasteiger partial charge on any atom is 0.0898 e. The molecular weight excluding hydrogens is 256 g/mol. The van der Waals surface area contributed by atoms with E-state index in [1.807, 2.05) is 6.92 Å². The van der Waals surface area contributed by atoms with Gasteiger partial charge in [-0.25, -0.2) is 4.98 Å². The Hall–Kier alpha value is -1.13. The minimum absolute atomic E-state index is 0.167. The first-order valence-corrected chi connectivity index (χ1v) is 7.59. The zero-order valence-electron chi connectivity index (χ0n) is 11.7. The number of nitrogens with zero attached hydrogens (tertiary/aromatic N) is 2. The number of hydrogen-bond donors (Lipinski definition) is 1. The van der Waals surface area contributed by atoms with E-state index in [-0.39, 0.29) is 11.5 Å². The second-order valence-corrected chi connectivity index (χ2v) is 7.33. The van der Waals surface area contributed by atoms with Crippen LogP contribution >= 0.6 is 11.3 Å². The second-order valence-electron chi connectivity index (χ2n) is 6.26. The number of thiazole rings is 1. The van der Waals surface area contributed by atoms with E-state index >= 15 is 0 Å². The third-order valence-electron chi connectivity index (χ3n) is 3.86. The van der Waals surface area contributed by atoms with Gasteiger partial charge in [0.2, 0.25) is 0 Å². The molecule has 1 N–H and O–H groups in total. The summed E-state index contributed by atoms with van der Waals surface area (Å²) in [7, 11) is 0. The van der Waals surface area contributed by atoms with Gasteiger partial charge >= 0.3 is 0 Å². The average molecular weight is 276 g/mol. The summed E-state index contributed by atoms with van der Waals surface area (Å²) in [6.45, 7) is 7.29. The molecule has 0 saturated heterocycles. The van der Waals surface area contributed by atoms with Crippen LogP contribution in [0.3, 0.4) is 0 Å². The third-order valence-corrected chi connectivity index (χ3v) is 4.69. The highest BCUT2D eigenvalue weighted by Crippen LogP contribution is 2.41. The molecule has 2 aromatic rings. The molecule has 1 aliphatic carbocycles. The van der Waals surface area contributed by atoms with Gasteiger partial charge in [-0.2, -0.15) is 0 Å². The molecule has 1 aliphatic rings. The summed E-state index contributed by atoms with van der Waals surface area (Å²) in [6.07, 6.45) is 3.64. The SMILES string of the molecule is Cc1nc(Cn2ccc3c2CC(C)(C)CC3O)cs1. The van der Waals surface area contributed by atoms with Crippen molar-refractivity contribution in [2.75, 3.05) is 0 Å². The first kappa shape index (κ1) is 12.9. The summed E-state index contributed by atoms with van der Waals surface area (Å²) < 4.78 is 2.24. The normalized spacial score (nSPS) is 21.4. The first-order chi connectivity index (χ1) is 8.94. The van der Waals surface area contributed by atoms with E-state index in [1.54, 1.807) is 11.3 Å². The van der Waals surface area contributed by atoms with E-state index in [1.165, 1.54) is 5.69 Å². The fraction of sp³-hybridized carbons (Fsp3) is 0.533. The van der Waals surface area contributed by atoms with Crippen molar-refractivity contribution < 1.29 is 5.11 Å². The van der Waals surface area contributed by atoms with Crippen LogP contribution < -0.4 is 0 Å². The molecule has 1 atom stereocenters. The standard InChI is InChI=1S/C15H20N2OS/c1-10-16-11(9-19-10)8-17-5-4-12-13(17)6-15(2,3)7-14(12)18/h4-5,9,14,18H,6-8H2,1-3H3. The van der Waals surface area contributed by atoms with E-state index in [2.05, 4.69) is 41.0 Å². The summed E-state index contributed by atoms with van der Waals surface area (Å²) >= 11 is 1.69.